The summed E-state index contributed by atoms with van der Waals surface area (Å²) < 4.78 is 5.30. The van der Waals surface area contributed by atoms with E-state index < -0.39 is 5.92 Å². The Labute approximate surface area is 103 Å². The number of furan rings is 1. The smallest absolute Gasteiger partial charge is 0.117 e. The summed E-state index contributed by atoms with van der Waals surface area (Å²) >= 11 is 1.26. The van der Waals surface area contributed by atoms with Gasteiger partial charge in [0.25, 0.3) is 0 Å². The van der Waals surface area contributed by atoms with Crippen molar-refractivity contribution in [3.8, 4) is 12.1 Å². The minimum absolute atomic E-state index is 0.382. The van der Waals surface area contributed by atoms with Crippen molar-refractivity contribution in [3.63, 3.8) is 0 Å². The molecule has 0 saturated carbocycles. The molecule has 0 bridgehead atoms. The van der Waals surface area contributed by atoms with Crippen LogP contribution in [0.5, 0.6) is 0 Å². The molecular weight excluding hydrogens is 234 g/mol. The molecule has 2 N–H and O–H groups in total. The van der Waals surface area contributed by atoms with Crippen LogP contribution in [0.3, 0.4) is 0 Å². The second-order valence-corrected chi connectivity index (χ2v) is 4.78. The molecule has 1 aromatic heterocycles. The van der Waals surface area contributed by atoms with E-state index in [1.807, 2.05) is 6.92 Å². The molecule has 0 aromatic carbocycles. The Hall–Kier alpha value is -2.11. The van der Waals surface area contributed by atoms with Gasteiger partial charge in [-0.05, 0) is 19.1 Å². The summed E-state index contributed by atoms with van der Waals surface area (Å²) in [7, 11) is 0. The largest absolute Gasteiger partial charge is 0.468 e. The van der Waals surface area contributed by atoms with E-state index in [0.29, 0.717) is 21.9 Å². The highest BCUT2D eigenvalue weighted by atomic mass is 32.2. The predicted molar refractivity (Wildman–Crippen MR) is 64.2 cm³/mol. The first-order valence-corrected chi connectivity index (χ1v) is 5.72. The van der Waals surface area contributed by atoms with Crippen molar-refractivity contribution in [3.05, 3.63) is 45.2 Å². The molecule has 2 heterocycles. The zero-order chi connectivity index (χ0) is 12.4. The fourth-order valence-electron chi connectivity index (χ4n) is 1.77. The number of hydrogen-bond donors (Lipinski definition) is 1. The zero-order valence-corrected chi connectivity index (χ0v) is 9.91. The first-order chi connectivity index (χ1) is 8.19. The molecule has 0 unspecified atom stereocenters. The number of nitrogens with zero attached hydrogens (tertiary/aromatic N) is 2. The molecule has 1 aliphatic heterocycles. The van der Waals surface area contributed by atoms with Crippen molar-refractivity contribution in [1.29, 1.82) is 10.5 Å². The number of nitriles is 2. The van der Waals surface area contributed by atoms with E-state index in [-0.39, 0.29) is 0 Å². The number of allylic oxidation sites excluding steroid dienone is 3. The Morgan fingerprint density at radius 3 is 2.59 bits per heavy atom. The molecule has 0 aliphatic carbocycles. The lowest BCUT2D eigenvalue weighted by Crippen LogP contribution is -2.14. The Morgan fingerprint density at radius 2 is 2.06 bits per heavy atom. The second-order valence-electron chi connectivity index (χ2n) is 3.52. The van der Waals surface area contributed by atoms with Crippen LogP contribution in [0.25, 0.3) is 0 Å². The fourth-order valence-corrected chi connectivity index (χ4v) is 2.64. The van der Waals surface area contributed by atoms with E-state index in [9.17, 15) is 5.26 Å². The monoisotopic (exact) mass is 243 g/mol. The van der Waals surface area contributed by atoms with Crippen LogP contribution in [0.2, 0.25) is 0 Å². The molecular formula is C12H9N3OS. The summed E-state index contributed by atoms with van der Waals surface area (Å²) in [5.74, 6) is 0.0990. The van der Waals surface area contributed by atoms with Crippen LogP contribution in [0.4, 0.5) is 0 Å². The van der Waals surface area contributed by atoms with Gasteiger partial charge in [0, 0.05) is 4.91 Å². The molecule has 1 aromatic rings. The highest BCUT2D eigenvalue weighted by Gasteiger charge is 2.32. The topological polar surface area (TPSA) is 86.7 Å². The Morgan fingerprint density at radius 1 is 1.35 bits per heavy atom. The Kier molecular flexibility index (Phi) is 2.95. The quantitative estimate of drug-likeness (QED) is 0.819. The third kappa shape index (κ3) is 1.82. The van der Waals surface area contributed by atoms with Crippen molar-refractivity contribution >= 4 is 11.8 Å². The van der Waals surface area contributed by atoms with Crippen LogP contribution < -0.4 is 5.73 Å². The van der Waals surface area contributed by atoms with E-state index in [0.717, 1.165) is 4.91 Å². The molecule has 0 fully saturated rings. The third-order valence-corrected chi connectivity index (χ3v) is 3.52. The Bertz CT molecular complexity index is 548. The van der Waals surface area contributed by atoms with Gasteiger partial charge in [-0.2, -0.15) is 10.5 Å². The minimum atomic E-state index is -0.471. The van der Waals surface area contributed by atoms with E-state index >= 15 is 0 Å². The summed E-state index contributed by atoms with van der Waals surface area (Å²) in [5, 5.41) is 18.8. The van der Waals surface area contributed by atoms with Crippen LogP contribution in [-0.2, 0) is 0 Å². The van der Waals surface area contributed by atoms with E-state index in [2.05, 4.69) is 12.1 Å². The second kappa shape index (κ2) is 4.40. The third-order valence-electron chi connectivity index (χ3n) is 2.55. The van der Waals surface area contributed by atoms with Crippen LogP contribution >= 0.6 is 11.8 Å². The van der Waals surface area contributed by atoms with Gasteiger partial charge in [-0.1, -0.05) is 11.8 Å². The normalized spacial score (nSPS) is 20.1. The fraction of sp³-hybridized carbons (Fsp3) is 0.167. The molecule has 0 saturated heterocycles. The maximum absolute atomic E-state index is 9.19. The first-order valence-electron chi connectivity index (χ1n) is 4.91. The molecule has 0 amide bonds. The van der Waals surface area contributed by atoms with Crippen molar-refractivity contribution in [2.24, 2.45) is 5.73 Å². The Balaban J connectivity index is 2.61. The molecule has 4 nitrogen and oxygen atoms in total. The molecule has 0 spiro atoms. The lowest BCUT2D eigenvalue weighted by molar-refractivity contribution is 0.503. The number of hydrogen-bond acceptors (Lipinski definition) is 5. The molecule has 5 heteroatoms. The summed E-state index contributed by atoms with van der Waals surface area (Å²) in [4.78, 5) is 0.811. The average molecular weight is 243 g/mol. The van der Waals surface area contributed by atoms with Gasteiger partial charge in [0.1, 0.15) is 5.76 Å². The standard InChI is InChI=1S/C12H9N3OS/c1-7-8(5-13)11(10-3-2-4-16-10)9(6-14)12(15)17-7/h2-4,11H,15H2,1H3/t11-/m0/s1. The van der Waals surface area contributed by atoms with E-state index in [4.69, 9.17) is 15.4 Å². The van der Waals surface area contributed by atoms with Gasteiger partial charge >= 0.3 is 0 Å². The SMILES string of the molecule is CC1=C(C#N)[C@H](c2ccco2)C(C#N)=C(N)S1. The van der Waals surface area contributed by atoms with Crippen molar-refractivity contribution < 1.29 is 4.42 Å². The van der Waals surface area contributed by atoms with Crippen molar-refractivity contribution in [2.45, 2.75) is 12.8 Å². The number of nitrogens with two attached hydrogens (primary N) is 1. The number of thioether (sulfide) groups is 1. The lowest BCUT2D eigenvalue weighted by Gasteiger charge is -2.21. The van der Waals surface area contributed by atoms with Crippen molar-refractivity contribution in [2.75, 3.05) is 0 Å². The zero-order valence-electron chi connectivity index (χ0n) is 9.10. The molecule has 0 radical (unpaired) electrons. The summed E-state index contributed by atoms with van der Waals surface area (Å²) in [6.07, 6.45) is 1.52. The van der Waals surface area contributed by atoms with Crippen LogP contribution in [0, 0.1) is 22.7 Å². The highest BCUT2D eigenvalue weighted by molar-refractivity contribution is 8.06. The van der Waals surface area contributed by atoms with Gasteiger partial charge in [-0.25, -0.2) is 0 Å². The summed E-state index contributed by atoms with van der Waals surface area (Å²) in [5.41, 5.74) is 6.73. The predicted octanol–water partition coefficient (Wildman–Crippen LogP) is 2.60. The maximum Gasteiger partial charge on any atom is 0.117 e. The van der Waals surface area contributed by atoms with Crippen LogP contribution in [-0.4, -0.2) is 0 Å². The van der Waals surface area contributed by atoms with Gasteiger partial charge in [0.15, 0.2) is 0 Å². The van der Waals surface area contributed by atoms with Gasteiger partial charge < -0.3 is 10.2 Å². The maximum atomic E-state index is 9.19. The summed E-state index contributed by atoms with van der Waals surface area (Å²) in [6.45, 7) is 1.82. The number of rotatable bonds is 1. The highest BCUT2D eigenvalue weighted by Crippen LogP contribution is 2.44. The van der Waals surface area contributed by atoms with Gasteiger partial charge in [0.2, 0.25) is 0 Å². The summed E-state index contributed by atoms with van der Waals surface area (Å²) in [6, 6.07) is 7.67. The van der Waals surface area contributed by atoms with Gasteiger partial charge in [-0.3, -0.25) is 0 Å². The molecule has 1 atom stereocenters. The van der Waals surface area contributed by atoms with Gasteiger partial charge in [-0.15, -0.1) is 0 Å². The molecule has 1 aliphatic rings. The van der Waals surface area contributed by atoms with E-state index in [1.165, 1.54) is 18.0 Å². The van der Waals surface area contributed by atoms with E-state index in [1.54, 1.807) is 12.1 Å². The first kappa shape index (κ1) is 11.4. The van der Waals surface area contributed by atoms with Crippen LogP contribution in [0.1, 0.15) is 18.6 Å². The lowest BCUT2D eigenvalue weighted by atomic mass is 9.89. The molecule has 2 rings (SSSR count). The van der Waals surface area contributed by atoms with Crippen LogP contribution in [0.15, 0.2) is 43.9 Å². The molecule has 17 heavy (non-hydrogen) atoms. The minimum Gasteiger partial charge on any atom is -0.468 e. The molecule has 84 valence electrons. The van der Waals surface area contributed by atoms with Gasteiger partial charge in [0.05, 0.1) is 40.5 Å². The average Bonchev–Trinajstić information content (AvgIpc) is 2.81. The van der Waals surface area contributed by atoms with Crippen molar-refractivity contribution in [1.82, 2.24) is 0 Å².